The molecule has 0 bridgehead atoms. The number of fused-ring (bicyclic) bond motifs is 2. The molecular weight excluding hydrogens is 1390 g/mol. The first-order chi connectivity index (χ1) is 50.1. The van der Waals surface area contributed by atoms with Crippen molar-refractivity contribution in [3.05, 3.63) is 72.1 Å². The maximum absolute atomic E-state index is 15.0. The minimum absolute atomic E-state index is 0.00923. The fraction of sp³-hybridized carbons (Fsp3) is 0.544. The van der Waals surface area contributed by atoms with Crippen molar-refractivity contribution in [2.45, 2.75) is 62.5 Å². The molecule has 105 heavy (non-hydrogen) atoms. The van der Waals surface area contributed by atoms with Crippen LogP contribution < -0.4 is 20.1 Å². The zero-order chi connectivity index (χ0) is 76.0. The number of nitriles is 2. The van der Waals surface area contributed by atoms with Crippen LogP contribution in [0.15, 0.2) is 60.9 Å². The van der Waals surface area contributed by atoms with Crippen LogP contribution >= 0.6 is 0 Å². The highest BCUT2D eigenvalue weighted by atomic mass is 19.3. The van der Waals surface area contributed by atoms with Gasteiger partial charge in [0, 0.05) is 154 Å². The molecule has 0 radical (unpaired) electrons. The van der Waals surface area contributed by atoms with Gasteiger partial charge in [0.25, 0.3) is 23.7 Å². The van der Waals surface area contributed by atoms with E-state index in [4.69, 9.17) is 9.47 Å². The summed E-state index contributed by atoms with van der Waals surface area (Å²) >= 11 is 0. The molecule has 4 aliphatic heterocycles. The zero-order valence-electron chi connectivity index (χ0n) is 57.6. The first kappa shape index (κ1) is 80.2. The molecular formula is C68H84F4N16O17. The first-order valence-electron chi connectivity index (χ1n) is 34.1. The zero-order valence-corrected chi connectivity index (χ0v) is 57.6. The van der Waals surface area contributed by atoms with Gasteiger partial charge in [-0.25, -0.2) is 17.6 Å². The lowest BCUT2D eigenvalue weighted by Gasteiger charge is -2.36. The smallest absolute Gasteiger partial charge is 0.317 e. The molecule has 0 aliphatic carbocycles. The predicted molar refractivity (Wildman–Crippen MR) is 361 cm³/mol. The van der Waals surface area contributed by atoms with Gasteiger partial charge in [0.05, 0.1) is 106 Å². The number of rotatable bonds is 26. The van der Waals surface area contributed by atoms with Crippen LogP contribution in [0.4, 0.5) is 17.6 Å². The molecule has 6 heterocycles. The number of likely N-dealkylation sites (tertiary alicyclic amines) is 2. The van der Waals surface area contributed by atoms with E-state index in [9.17, 15) is 101 Å². The maximum atomic E-state index is 15.0. The Kier molecular flexibility index (Phi) is 28.9. The number of hydrogen-bond donors (Lipinski definition) is 6. The molecule has 33 nitrogen and oxygen atoms in total. The van der Waals surface area contributed by atoms with E-state index in [0.717, 1.165) is 9.80 Å². The van der Waals surface area contributed by atoms with E-state index in [0.29, 0.717) is 21.8 Å². The van der Waals surface area contributed by atoms with E-state index < -0.39 is 148 Å². The average Bonchev–Trinajstić information content (AvgIpc) is 1.80. The van der Waals surface area contributed by atoms with Crippen LogP contribution in [-0.4, -0.2) is 345 Å². The fourth-order valence-electron chi connectivity index (χ4n) is 12.7. The van der Waals surface area contributed by atoms with E-state index >= 15 is 0 Å². The third kappa shape index (κ3) is 24.3. The number of alkyl halides is 4. The van der Waals surface area contributed by atoms with Crippen LogP contribution in [0, 0.1) is 22.7 Å². The van der Waals surface area contributed by atoms with Gasteiger partial charge < -0.3 is 65.0 Å². The molecule has 0 saturated carbocycles. The summed E-state index contributed by atoms with van der Waals surface area (Å²) in [6.45, 7) is -4.79. The van der Waals surface area contributed by atoms with Gasteiger partial charge in [-0.2, -0.15) is 10.5 Å². The number of hydrogen-bond acceptors (Lipinski definition) is 22. The second kappa shape index (κ2) is 37.8. The summed E-state index contributed by atoms with van der Waals surface area (Å²) in [6, 6.07) is 12.8. The number of nitrogens with zero attached hydrogens (tertiary/aromatic N) is 14. The number of ether oxygens (including phenoxy) is 2. The van der Waals surface area contributed by atoms with E-state index in [1.165, 1.54) is 51.4 Å². The van der Waals surface area contributed by atoms with Crippen molar-refractivity contribution in [2.24, 2.45) is 0 Å². The highest BCUT2D eigenvalue weighted by Gasteiger charge is 2.48. The number of aromatic nitrogens is 2. The lowest BCUT2D eigenvalue weighted by atomic mass is 10.1. The highest BCUT2D eigenvalue weighted by Crippen LogP contribution is 2.33. The molecule has 4 saturated heterocycles. The Morgan fingerprint density at radius 3 is 1.10 bits per heavy atom. The van der Waals surface area contributed by atoms with Gasteiger partial charge in [-0.15, -0.1) is 0 Å². The van der Waals surface area contributed by atoms with Crippen molar-refractivity contribution >= 4 is 87.0 Å². The minimum atomic E-state index is -3.26. The summed E-state index contributed by atoms with van der Waals surface area (Å²) in [5, 5.41) is 63.6. The molecule has 4 fully saturated rings. The number of aliphatic carboxylic acids is 4. The number of carboxylic acid groups (broad SMARTS) is 4. The summed E-state index contributed by atoms with van der Waals surface area (Å²) < 4.78 is 68.4. The molecule has 8 rings (SSSR count). The van der Waals surface area contributed by atoms with Gasteiger partial charge in [-0.05, 0) is 61.4 Å². The van der Waals surface area contributed by atoms with Crippen LogP contribution in [0.5, 0.6) is 11.5 Å². The van der Waals surface area contributed by atoms with Gasteiger partial charge in [-0.1, -0.05) is 0 Å². The number of benzene rings is 2. The lowest BCUT2D eigenvalue weighted by Crippen LogP contribution is -2.53. The fourth-order valence-corrected chi connectivity index (χ4v) is 12.7. The summed E-state index contributed by atoms with van der Waals surface area (Å²) in [5.41, 5.74) is 0.876. The molecule has 4 aromatic rings. The van der Waals surface area contributed by atoms with E-state index in [1.807, 2.05) is 0 Å². The van der Waals surface area contributed by atoms with Crippen molar-refractivity contribution in [1.82, 2.24) is 69.6 Å². The number of halogens is 4. The van der Waals surface area contributed by atoms with Crippen LogP contribution in [0.1, 0.15) is 59.2 Å². The molecule has 6 N–H and O–H groups in total. The second-order valence-electron chi connectivity index (χ2n) is 25.9. The SMILES string of the molecule is N#C[C@@H]1CC(F)(F)CN1C(=O)CNC(=O)c1ccnc2ccc(OCCCC(=O)N3CCN(CC(=O)O)CCN(C(=O)CCCOc4ccc5nccc(C(=O)NCC(=O)N6CC(F)(F)C[C@H]6C#N)c5c4)CCN(C(=O)CN4CCN(CC(=O)O)CCN(CC(=O)O)CCN(CC(=O)O)CC4)CC3)cc12. The maximum Gasteiger partial charge on any atom is 0.317 e. The van der Waals surface area contributed by atoms with Gasteiger partial charge >= 0.3 is 23.9 Å². The summed E-state index contributed by atoms with van der Waals surface area (Å²) in [7, 11) is 0. The monoisotopic (exact) mass is 1470 g/mol. The van der Waals surface area contributed by atoms with E-state index in [-0.39, 0.29) is 179 Å². The van der Waals surface area contributed by atoms with Crippen molar-refractivity contribution in [3.63, 3.8) is 0 Å². The predicted octanol–water partition coefficient (Wildman–Crippen LogP) is 0.142. The Morgan fingerprint density at radius 2 is 0.762 bits per heavy atom. The number of nitrogens with one attached hydrogen (secondary N) is 2. The topological polar surface area (TPSA) is 417 Å². The van der Waals surface area contributed by atoms with Gasteiger partial charge in [-0.3, -0.25) is 87.2 Å². The Hall–Kier alpha value is -10.5. The van der Waals surface area contributed by atoms with Crippen LogP contribution in [-0.2, 0) is 43.2 Å². The molecule has 4 aliphatic rings. The van der Waals surface area contributed by atoms with E-state index in [2.05, 4.69) is 20.6 Å². The van der Waals surface area contributed by atoms with Crippen LogP contribution in [0.25, 0.3) is 21.8 Å². The third-order valence-corrected chi connectivity index (χ3v) is 18.2. The number of carbonyl (C=O) groups excluding carboxylic acids is 7. The normalized spacial score (nSPS) is 19.2. The Bertz CT molecular complexity index is 3700. The number of amides is 7. The molecule has 7 amide bonds. The molecule has 0 unspecified atom stereocenters. The van der Waals surface area contributed by atoms with Crippen molar-refractivity contribution in [3.8, 4) is 23.6 Å². The van der Waals surface area contributed by atoms with Gasteiger partial charge in [0.15, 0.2) is 0 Å². The lowest BCUT2D eigenvalue weighted by molar-refractivity contribution is -0.141. The number of pyridine rings is 2. The largest absolute Gasteiger partial charge is 0.494 e. The summed E-state index contributed by atoms with van der Waals surface area (Å²) in [4.78, 5) is 167. The Balaban J connectivity index is 0.952. The Morgan fingerprint density at radius 1 is 0.448 bits per heavy atom. The van der Waals surface area contributed by atoms with Crippen molar-refractivity contribution < 1.29 is 100 Å². The second-order valence-corrected chi connectivity index (χ2v) is 25.9. The average molecular weight is 1470 g/mol. The van der Waals surface area contributed by atoms with Crippen LogP contribution in [0.2, 0.25) is 0 Å². The number of carbonyl (C=O) groups is 11. The Labute approximate surface area is 600 Å². The minimum Gasteiger partial charge on any atom is -0.494 e. The van der Waals surface area contributed by atoms with Crippen LogP contribution in [0.3, 0.4) is 0 Å². The highest BCUT2D eigenvalue weighted by molar-refractivity contribution is 6.08. The molecule has 37 heteroatoms. The summed E-state index contributed by atoms with van der Waals surface area (Å²) in [5.74, 6) is -15.1. The summed E-state index contributed by atoms with van der Waals surface area (Å²) in [6.07, 6.45) is 1.13. The van der Waals surface area contributed by atoms with E-state index in [1.54, 1.807) is 60.9 Å². The van der Waals surface area contributed by atoms with Gasteiger partial charge in [0.2, 0.25) is 29.5 Å². The molecule has 2 atom stereocenters. The molecule has 0 spiro atoms. The quantitative estimate of drug-likeness (QED) is 0.0360. The van der Waals surface area contributed by atoms with Gasteiger partial charge in [0.1, 0.15) is 23.6 Å². The van der Waals surface area contributed by atoms with Crippen molar-refractivity contribution in [1.29, 1.82) is 10.5 Å². The first-order valence-corrected chi connectivity index (χ1v) is 34.1. The third-order valence-electron chi connectivity index (χ3n) is 18.2. The van der Waals surface area contributed by atoms with Crippen molar-refractivity contribution in [2.75, 3.05) is 177 Å². The number of carboxylic acids is 4. The molecule has 2 aromatic heterocycles. The molecule has 566 valence electrons. The standard InChI is InChI=1S/C68H84F4N16O17/c69-67(70)33-46(35-73)87(44-67)58(91)37-77-65(102)50-9-11-75-54-7-5-48(31-52(50)54)104-29-1-3-56(89)84-23-21-83(43-64(100)101)22-24-85(26-28-86(27-25-84)60(93)39-79-13-15-80(40-61(94)95)17-19-82(42-63(98)99)20-18-81(16-14-79)41-62(96)97)57(90)4-2-30-105-49-6-8-55-53(32-49)51(10-12-76-55)66(103)78-38-59(92)88-45-68(71,72)34-47(88)36-74/h5-12,31-32,46-47H,1-4,13-30,33-34,37-45H2,(H,77,102)(H,78,103)(H,94,95)(H,96,97)(H,98,99)(H,100,101)/t46-,47-/m0/s1. The molecule has 2 aromatic carbocycles.